The number of thioether (sulfide) groups is 1. The van der Waals surface area contributed by atoms with E-state index in [-0.39, 0.29) is 12.3 Å². The second-order valence-electron chi connectivity index (χ2n) is 7.74. The summed E-state index contributed by atoms with van der Waals surface area (Å²) in [4.78, 5) is 25.7. The summed E-state index contributed by atoms with van der Waals surface area (Å²) < 4.78 is 2.29. The van der Waals surface area contributed by atoms with Crippen molar-refractivity contribution < 1.29 is 14.7 Å². The van der Waals surface area contributed by atoms with Gasteiger partial charge in [-0.05, 0) is 49.6 Å². The van der Waals surface area contributed by atoms with E-state index in [0.29, 0.717) is 40.1 Å². The van der Waals surface area contributed by atoms with Crippen LogP contribution in [0.4, 0.5) is 0 Å². The molecule has 0 unspecified atom stereocenters. The van der Waals surface area contributed by atoms with Gasteiger partial charge < -0.3 is 9.90 Å². The molecule has 2 heterocycles. The van der Waals surface area contributed by atoms with Crippen LogP contribution in [0.1, 0.15) is 31.2 Å². The van der Waals surface area contributed by atoms with Crippen molar-refractivity contribution in [2.45, 2.75) is 25.7 Å². The summed E-state index contributed by atoms with van der Waals surface area (Å²) >= 11 is 12.8. The summed E-state index contributed by atoms with van der Waals surface area (Å²) in [6.45, 7) is 0.461. The minimum Gasteiger partial charge on any atom is -0.550 e. The van der Waals surface area contributed by atoms with Crippen LogP contribution in [-0.2, 0) is 9.59 Å². The molecule has 0 radical (unpaired) electrons. The van der Waals surface area contributed by atoms with Crippen molar-refractivity contribution in [1.29, 1.82) is 0 Å². The summed E-state index contributed by atoms with van der Waals surface area (Å²) in [6, 6.07) is 17.2. The van der Waals surface area contributed by atoms with Gasteiger partial charge in [0.1, 0.15) is 4.32 Å². The quantitative estimate of drug-likeness (QED) is 0.236. The van der Waals surface area contributed by atoms with Crippen LogP contribution in [-0.4, -0.2) is 37.4 Å². The van der Waals surface area contributed by atoms with E-state index in [1.165, 1.54) is 11.8 Å². The maximum Gasteiger partial charge on any atom is 0.266 e. The number of aromatic nitrogens is 2. The fraction of sp³-hybridized carbons (Fsp3) is 0.200. The molecule has 4 rings (SSSR count). The predicted molar refractivity (Wildman–Crippen MR) is 137 cm³/mol. The number of unbranched alkanes of at least 4 members (excludes halogenated alkanes) is 2. The van der Waals surface area contributed by atoms with E-state index >= 15 is 0 Å². The number of aliphatic carboxylic acids is 1. The Morgan fingerprint density at radius 2 is 1.82 bits per heavy atom. The third-order valence-corrected chi connectivity index (χ3v) is 6.93. The third kappa shape index (κ3) is 5.75. The Morgan fingerprint density at radius 1 is 1.09 bits per heavy atom. The van der Waals surface area contributed by atoms with Crippen LogP contribution in [0.25, 0.3) is 23.0 Å². The predicted octanol–water partition coefficient (Wildman–Crippen LogP) is 4.70. The fourth-order valence-corrected chi connectivity index (χ4v) is 5.01. The first-order valence-electron chi connectivity index (χ1n) is 10.8. The molecule has 0 spiro atoms. The lowest BCUT2D eigenvalue weighted by molar-refractivity contribution is -0.305. The number of carboxylic acid groups (broad SMARTS) is 1. The number of amides is 1. The molecule has 1 aromatic heterocycles. The van der Waals surface area contributed by atoms with E-state index in [1.807, 2.05) is 66.9 Å². The van der Waals surface area contributed by atoms with Gasteiger partial charge in [-0.1, -0.05) is 72.3 Å². The van der Waals surface area contributed by atoms with Gasteiger partial charge in [0.25, 0.3) is 5.91 Å². The zero-order valence-corrected chi connectivity index (χ0v) is 20.5. The number of carbonyl (C=O) groups excluding carboxylic acids is 2. The topological polar surface area (TPSA) is 78.3 Å². The van der Waals surface area contributed by atoms with Gasteiger partial charge >= 0.3 is 0 Å². The number of hydrogen-bond acceptors (Lipinski definition) is 6. The molecule has 2 aromatic carbocycles. The molecule has 1 saturated heterocycles. The largest absolute Gasteiger partial charge is 0.550 e. The first-order valence-corrected chi connectivity index (χ1v) is 12.4. The zero-order chi connectivity index (χ0) is 24.1. The zero-order valence-electron chi connectivity index (χ0n) is 18.1. The van der Waals surface area contributed by atoms with E-state index in [0.717, 1.165) is 22.5 Å². The number of thiocarbonyl (C=S) groups is 1. The Labute approximate surface area is 212 Å². The average molecular weight is 511 g/mol. The Morgan fingerprint density at radius 3 is 2.53 bits per heavy atom. The van der Waals surface area contributed by atoms with Crippen molar-refractivity contribution >= 4 is 57.9 Å². The minimum atomic E-state index is -1.05. The average Bonchev–Trinajstić information content (AvgIpc) is 3.36. The molecule has 0 N–H and O–H groups in total. The van der Waals surface area contributed by atoms with E-state index in [9.17, 15) is 14.7 Å². The first-order chi connectivity index (χ1) is 16.4. The van der Waals surface area contributed by atoms with Gasteiger partial charge in [-0.25, -0.2) is 4.68 Å². The number of nitrogens with zero attached hydrogens (tertiary/aromatic N) is 3. The summed E-state index contributed by atoms with van der Waals surface area (Å²) in [5, 5.41) is 16.0. The number of para-hydroxylation sites is 1. The Balaban J connectivity index is 1.59. The molecule has 3 aromatic rings. The van der Waals surface area contributed by atoms with Crippen LogP contribution in [0.3, 0.4) is 0 Å². The molecular weight excluding hydrogens is 490 g/mol. The highest BCUT2D eigenvalue weighted by molar-refractivity contribution is 8.26. The lowest BCUT2D eigenvalue weighted by Crippen LogP contribution is -2.29. The minimum absolute atomic E-state index is 0.0250. The second kappa shape index (κ2) is 11.0. The highest BCUT2D eigenvalue weighted by Crippen LogP contribution is 2.35. The molecule has 1 fully saturated rings. The van der Waals surface area contributed by atoms with Crippen molar-refractivity contribution in [2.75, 3.05) is 6.54 Å². The van der Waals surface area contributed by atoms with Crippen molar-refractivity contribution in [1.82, 2.24) is 14.7 Å². The van der Waals surface area contributed by atoms with E-state index in [4.69, 9.17) is 28.9 Å². The molecule has 1 aliphatic rings. The lowest BCUT2D eigenvalue weighted by atomic mass is 10.1. The Hall–Kier alpha value is -2.94. The summed E-state index contributed by atoms with van der Waals surface area (Å²) in [5.74, 6) is -1.20. The van der Waals surface area contributed by atoms with Gasteiger partial charge in [0.05, 0.1) is 16.3 Å². The number of carboxylic acids is 1. The van der Waals surface area contributed by atoms with Crippen molar-refractivity contribution in [3.05, 3.63) is 76.3 Å². The van der Waals surface area contributed by atoms with Crippen LogP contribution >= 0.6 is 35.6 Å². The van der Waals surface area contributed by atoms with E-state index < -0.39 is 5.97 Å². The molecule has 34 heavy (non-hydrogen) atoms. The first kappa shape index (κ1) is 24.2. The Kier molecular flexibility index (Phi) is 7.82. The third-order valence-electron chi connectivity index (χ3n) is 5.30. The van der Waals surface area contributed by atoms with Gasteiger partial charge in [0.2, 0.25) is 0 Å². The number of hydrogen-bond donors (Lipinski definition) is 0. The van der Waals surface area contributed by atoms with Crippen LogP contribution in [0, 0.1) is 0 Å². The van der Waals surface area contributed by atoms with Crippen LogP contribution in [0.15, 0.2) is 65.7 Å². The molecule has 1 amide bonds. The van der Waals surface area contributed by atoms with Crippen LogP contribution in [0.5, 0.6) is 0 Å². The van der Waals surface area contributed by atoms with Gasteiger partial charge in [-0.3, -0.25) is 9.69 Å². The highest BCUT2D eigenvalue weighted by atomic mass is 35.5. The Bertz CT molecular complexity index is 1240. The molecule has 0 saturated carbocycles. The number of benzene rings is 2. The van der Waals surface area contributed by atoms with Crippen molar-refractivity contribution in [2.24, 2.45) is 0 Å². The lowest BCUT2D eigenvalue weighted by Gasteiger charge is -2.14. The number of carbonyl (C=O) groups is 2. The normalized spacial score (nSPS) is 14.9. The summed E-state index contributed by atoms with van der Waals surface area (Å²) in [6.07, 6.45) is 5.63. The van der Waals surface area contributed by atoms with Crippen LogP contribution in [0.2, 0.25) is 5.02 Å². The fourth-order valence-electron chi connectivity index (χ4n) is 3.59. The number of halogens is 1. The molecule has 6 nitrogen and oxygen atoms in total. The maximum absolute atomic E-state index is 13.1. The molecule has 0 atom stereocenters. The molecule has 174 valence electrons. The highest BCUT2D eigenvalue weighted by Gasteiger charge is 2.32. The maximum atomic E-state index is 13.1. The SMILES string of the molecule is O=C([O-])CCCCCN1C(=O)/C(=C/c2cn(-c3ccccc3)nc2-c2ccc(Cl)cc2)SC1=S. The second-order valence-corrected chi connectivity index (χ2v) is 9.85. The van der Waals surface area contributed by atoms with Crippen molar-refractivity contribution in [3.63, 3.8) is 0 Å². The molecule has 9 heteroatoms. The standard InChI is InChI=1S/C25H22ClN3O3S2/c26-19-12-10-17(11-13-19)23-18(16-29(27-23)20-7-3-1-4-8-20)15-21-24(32)28(25(33)34-21)14-6-2-5-9-22(30)31/h1,3-4,7-8,10-13,15-16H,2,5-6,9,14H2,(H,30,31)/p-1/b21-15-. The van der Waals surface area contributed by atoms with Gasteiger partial charge in [0, 0.05) is 34.9 Å². The van der Waals surface area contributed by atoms with Crippen LogP contribution < -0.4 is 5.11 Å². The number of rotatable bonds is 9. The monoisotopic (exact) mass is 510 g/mol. The molecular formula is C25H21ClN3O3S2-. The smallest absolute Gasteiger partial charge is 0.266 e. The summed E-state index contributed by atoms with van der Waals surface area (Å²) in [5.41, 5.74) is 3.31. The van der Waals surface area contributed by atoms with Gasteiger partial charge in [0.15, 0.2) is 0 Å². The van der Waals surface area contributed by atoms with Gasteiger partial charge in [-0.15, -0.1) is 0 Å². The molecule has 0 bridgehead atoms. The van der Waals surface area contributed by atoms with E-state index in [2.05, 4.69) is 0 Å². The van der Waals surface area contributed by atoms with Gasteiger partial charge in [-0.2, -0.15) is 5.10 Å². The summed E-state index contributed by atoms with van der Waals surface area (Å²) in [7, 11) is 0. The molecule has 0 aliphatic carbocycles. The van der Waals surface area contributed by atoms with Crippen molar-refractivity contribution in [3.8, 4) is 16.9 Å². The molecule has 1 aliphatic heterocycles. The van der Waals surface area contributed by atoms with E-state index in [1.54, 1.807) is 9.58 Å².